The van der Waals surface area contributed by atoms with Gasteiger partial charge in [-0.2, -0.15) is 0 Å². The van der Waals surface area contributed by atoms with E-state index in [9.17, 15) is 8.42 Å². The van der Waals surface area contributed by atoms with Crippen LogP contribution >= 0.6 is 0 Å². The van der Waals surface area contributed by atoms with E-state index in [-0.39, 0.29) is 23.1 Å². The average Bonchev–Trinajstić information content (AvgIpc) is 2.38. The molecule has 0 fully saturated rings. The summed E-state index contributed by atoms with van der Waals surface area (Å²) in [5, 5.41) is 7.31. The summed E-state index contributed by atoms with van der Waals surface area (Å²) in [6.07, 6.45) is 1.95. The van der Waals surface area contributed by atoms with Crippen molar-refractivity contribution in [2.75, 3.05) is 19.0 Å². The molecule has 0 aliphatic carbocycles. The van der Waals surface area contributed by atoms with E-state index in [1.807, 2.05) is 6.92 Å². The fourth-order valence-corrected chi connectivity index (χ4v) is 2.66. The van der Waals surface area contributed by atoms with E-state index >= 15 is 0 Å². The summed E-state index contributed by atoms with van der Waals surface area (Å²) in [7, 11) is -3.38. The van der Waals surface area contributed by atoms with Crippen molar-refractivity contribution in [1.82, 2.24) is 0 Å². The Morgan fingerprint density at radius 1 is 1.37 bits per heavy atom. The first-order chi connectivity index (χ1) is 8.97. The van der Waals surface area contributed by atoms with Crippen LogP contribution < -0.4 is 5.73 Å². The predicted molar refractivity (Wildman–Crippen MR) is 75.2 cm³/mol. The van der Waals surface area contributed by atoms with Gasteiger partial charge in [-0.3, -0.25) is 5.41 Å². The number of rotatable bonds is 8. The molecular weight excluding hydrogens is 264 g/mol. The lowest BCUT2D eigenvalue weighted by Gasteiger charge is -2.07. The van der Waals surface area contributed by atoms with Crippen LogP contribution in [-0.4, -0.2) is 33.2 Å². The molecule has 0 amide bonds. The fourth-order valence-electron chi connectivity index (χ4n) is 1.49. The molecular formula is C13H20N2O3S. The maximum absolute atomic E-state index is 12.0. The highest BCUT2D eigenvalue weighted by Crippen LogP contribution is 2.13. The van der Waals surface area contributed by atoms with Crippen LogP contribution in [0.2, 0.25) is 0 Å². The van der Waals surface area contributed by atoms with Gasteiger partial charge in [0.25, 0.3) is 0 Å². The van der Waals surface area contributed by atoms with Gasteiger partial charge in [0.1, 0.15) is 5.84 Å². The minimum Gasteiger partial charge on any atom is -0.384 e. The second-order valence-electron chi connectivity index (χ2n) is 4.23. The number of amidine groups is 1. The molecule has 0 heterocycles. The third-order valence-electron chi connectivity index (χ3n) is 2.64. The van der Waals surface area contributed by atoms with Crippen molar-refractivity contribution < 1.29 is 13.2 Å². The minimum atomic E-state index is -3.38. The highest BCUT2D eigenvalue weighted by molar-refractivity contribution is 7.91. The van der Waals surface area contributed by atoms with E-state index in [0.717, 1.165) is 12.8 Å². The van der Waals surface area contributed by atoms with E-state index in [0.29, 0.717) is 12.2 Å². The van der Waals surface area contributed by atoms with Crippen molar-refractivity contribution in [2.24, 2.45) is 5.73 Å². The lowest BCUT2D eigenvalue weighted by Crippen LogP contribution is -2.15. The molecule has 0 spiro atoms. The molecule has 3 N–H and O–H groups in total. The molecule has 0 bridgehead atoms. The maximum Gasteiger partial charge on any atom is 0.180 e. The van der Waals surface area contributed by atoms with Gasteiger partial charge in [-0.05, 0) is 18.6 Å². The van der Waals surface area contributed by atoms with E-state index in [1.165, 1.54) is 12.1 Å². The van der Waals surface area contributed by atoms with Gasteiger partial charge in [-0.1, -0.05) is 25.5 Å². The SMILES string of the molecule is CCCCOCCS(=O)(=O)c1cccc(C(=N)N)c1. The van der Waals surface area contributed by atoms with E-state index in [1.54, 1.807) is 12.1 Å². The van der Waals surface area contributed by atoms with Crippen LogP contribution in [0.25, 0.3) is 0 Å². The number of hydrogen-bond acceptors (Lipinski definition) is 4. The second-order valence-corrected chi connectivity index (χ2v) is 6.34. The van der Waals surface area contributed by atoms with Crippen LogP contribution in [0.4, 0.5) is 0 Å². The summed E-state index contributed by atoms with van der Waals surface area (Å²) in [6.45, 7) is 2.82. The Morgan fingerprint density at radius 3 is 2.74 bits per heavy atom. The zero-order chi connectivity index (χ0) is 14.3. The molecule has 0 aromatic heterocycles. The fraction of sp³-hybridized carbons (Fsp3) is 0.462. The van der Waals surface area contributed by atoms with E-state index < -0.39 is 9.84 Å². The van der Waals surface area contributed by atoms with Gasteiger partial charge < -0.3 is 10.5 Å². The topological polar surface area (TPSA) is 93.2 Å². The van der Waals surface area contributed by atoms with Crippen molar-refractivity contribution in [3.8, 4) is 0 Å². The van der Waals surface area contributed by atoms with Crippen LogP contribution in [0, 0.1) is 5.41 Å². The molecule has 1 aromatic carbocycles. The Kier molecular flexibility index (Phi) is 5.98. The molecule has 5 nitrogen and oxygen atoms in total. The van der Waals surface area contributed by atoms with Gasteiger partial charge in [0, 0.05) is 12.2 Å². The summed E-state index contributed by atoms with van der Waals surface area (Å²) < 4.78 is 29.4. The predicted octanol–water partition coefficient (Wildman–Crippen LogP) is 1.56. The molecule has 19 heavy (non-hydrogen) atoms. The third-order valence-corrected chi connectivity index (χ3v) is 4.32. The van der Waals surface area contributed by atoms with Crippen molar-refractivity contribution >= 4 is 15.7 Å². The Morgan fingerprint density at radius 2 is 2.11 bits per heavy atom. The second kappa shape index (κ2) is 7.25. The lowest BCUT2D eigenvalue weighted by atomic mass is 10.2. The molecule has 0 aliphatic heterocycles. The van der Waals surface area contributed by atoms with Gasteiger partial charge in [-0.15, -0.1) is 0 Å². The number of ether oxygens (including phenoxy) is 1. The monoisotopic (exact) mass is 284 g/mol. The van der Waals surface area contributed by atoms with Crippen LogP contribution in [0.5, 0.6) is 0 Å². The van der Waals surface area contributed by atoms with Crippen molar-refractivity contribution in [3.63, 3.8) is 0 Å². The normalized spacial score (nSPS) is 11.4. The minimum absolute atomic E-state index is 0.0575. The third kappa shape index (κ3) is 5.00. The molecule has 0 saturated heterocycles. The molecule has 0 unspecified atom stereocenters. The average molecular weight is 284 g/mol. The van der Waals surface area contributed by atoms with Crippen molar-refractivity contribution in [1.29, 1.82) is 5.41 Å². The van der Waals surface area contributed by atoms with Crippen molar-refractivity contribution in [3.05, 3.63) is 29.8 Å². The first kappa shape index (κ1) is 15.7. The molecule has 106 valence electrons. The largest absolute Gasteiger partial charge is 0.384 e. The number of nitrogens with one attached hydrogen (secondary N) is 1. The van der Waals surface area contributed by atoms with Crippen LogP contribution in [0.3, 0.4) is 0 Å². The maximum atomic E-state index is 12.0. The van der Waals surface area contributed by atoms with E-state index in [2.05, 4.69) is 0 Å². The zero-order valence-corrected chi connectivity index (χ0v) is 11.9. The highest BCUT2D eigenvalue weighted by atomic mass is 32.2. The molecule has 0 radical (unpaired) electrons. The van der Waals surface area contributed by atoms with Gasteiger partial charge in [0.05, 0.1) is 17.3 Å². The quantitative estimate of drug-likeness (QED) is 0.430. The van der Waals surface area contributed by atoms with E-state index in [4.69, 9.17) is 15.9 Å². The summed E-state index contributed by atoms with van der Waals surface area (Å²) in [6, 6.07) is 6.12. The summed E-state index contributed by atoms with van der Waals surface area (Å²) in [4.78, 5) is 0.180. The summed E-state index contributed by atoms with van der Waals surface area (Å²) in [5.74, 6) is -0.200. The first-order valence-corrected chi connectivity index (χ1v) is 7.87. The van der Waals surface area contributed by atoms with Gasteiger partial charge in [0.2, 0.25) is 0 Å². The van der Waals surface area contributed by atoms with Gasteiger partial charge in [0.15, 0.2) is 9.84 Å². The van der Waals surface area contributed by atoms with Crippen LogP contribution in [-0.2, 0) is 14.6 Å². The molecule has 0 aliphatic rings. The Bertz CT molecular complexity index is 526. The number of sulfone groups is 1. The van der Waals surface area contributed by atoms with Gasteiger partial charge in [-0.25, -0.2) is 8.42 Å². The Labute approximate surface area is 114 Å². The molecule has 1 aromatic rings. The van der Waals surface area contributed by atoms with Crippen molar-refractivity contribution in [2.45, 2.75) is 24.7 Å². The number of benzene rings is 1. The number of hydrogen-bond donors (Lipinski definition) is 2. The Balaban J connectivity index is 2.66. The number of nitrogens with two attached hydrogens (primary N) is 1. The number of unbranched alkanes of at least 4 members (excludes halogenated alkanes) is 1. The number of nitrogen functional groups attached to an aromatic ring is 1. The van der Waals surface area contributed by atoms with Gasteiger partial charge >= 0.3 is 0 Å². The standard InChI is InChI=1S/C13H20N2O3S/c1-2-3-7-18-8-9-19(16,17)12-6-4-5-11(10-12)13(14)15/h4-6,10H,2-3,7-9H2,1H3,(H3,14,15). The first-order valence-electron chi connectivity index (χ1n) is 6.22. The lowest BCUT2D eigenvalue weighted by molar-refractivity contribution is 0.146. The molecule has 6 heteroatoms. The molecule has 1 rings (SSSR count). The molecule has 0 atom stereocenters. The summed E-state index contributed by atoms with van der Waals surface area (Å²) in [5.41, 5.74) is 5.75. The Hall–Kier alpha value is -1.40. The molecule has 0 saturated carbocycles. The van der Waals surface area contributed by atoms with Crippen LogP contribution in [0.15, 0.2) is 29.2 Å². The summed E-state index contributed by atoms with van der Waals surface area (Å²) >= 11 is 0. The van der Waals surface area contributed by atoms with Crippen LogP contribution in [0.1, 0.15) is 25.3 Å². The highest BCUT2D eigenvalue weighted by Gasteiger charge is 2.15. The smallest absolute Gasteiger partial charge is 0.180 e. The zero-order valence-electron chi connectivity index (χ0n) is 11.1.